The average molecular weight is 219 g/mol. The number of urea groups is 1. The number of hydrogen-bond acceptors (Lipinski definition) is 2. The smallest absolute Gasteiger partial charge is 0.325 e. The van der Waals surface area contributed by atoms with Gasteiger partial charge in [-0.05, 0) is 11.6 Å². The number of primary amides is 1. The van der Waals surface area contributed by atoms with Crippen molar-refractivity contribution in [1.29, 1.82) is 0 Å². The molecule has 0 saturated heterocycles. The highest BCUT2D eigenvalue weighted by molar-refractivity contribution is 5.99. The lowest BCUT2D eigenvalue weighted by atomic mass is 10.1. The van der Waals surface area contributed by atoms with Crippen molar-refractivity contribution in [2.45, 2.75) is 6.54 Å². The van der Waals surface area contributed by atoms with Gasteiger partial charge in [0.05, 0.1) is 5.69 Å². The van der Waals surface area contributed by atoms with E-state index in [2.05, 4.69) is 0 Å². The zero-order valence-electron chi connectivity index (χ0n) is 9.01. The Morgan fingerprint density at radius 2 is 2.12 bits per heavy atom. The van der Waals surface area contributed by atoms with Gasteiger partial charge in [0.2, 0.25) is 5.91 Å². The van der Waals surface area contributed by atoms with Crippen molar-refractivity contribution >= 4 is 17.6 Å². The van der Waals surface area contributed by atoms with Crippen molar-refractivity contribution in [3.8, 4) is 0 Å². The summed E-state index contributed by atoms with van der Waals surface area (Å²) in [4.78, 5) is 25.8. The Bertz CT molecular complexity index is 445. The molecule has 2 rings (SSSR count). The van der Waals surface area contributed by atoms with Crippen LogP contribution in [0.2, 0.25) is 0 Å². The van der Waals surface area contributed by atoms with E-state index in [1.807, 2.05) is 24.3 Å². The predicted octanol–water partition coefficient (Wildman–Crippen LogP) is 0.544. The number of rotatable bonds is 2. The standard InChI is InChI=1S/C11H13N3O2/c1-13-6-8-4-2-3-5-9(8)14(11(13)16)7-10(12)15/h2-5H,6-7H2,1H3,(H2,12,15). The van der Waals surface area contributed by atoms with E-state index in [4.69, 9.17) is 5.73 Å². The Labute approximate surface area is 93.4 Å². The van der Waals surface area contributed by atoms with Crippen molar-refractivity contribution < 1.29 is 9.59 Å². The first-order valence-corrected chi connectivity index (χ1v) is 4.98. The molecular weight excluding hydrogens is 206 g/mol. The number of hydrogen-bond donors (Lipinski definition) is 1. The van der Waals surface area contributed by atoms with Gasteiger partial charge in [0, 0.05) is 13.6 Å². The highest BCUT2D eigenvalue weighted by Gasteiger charge is 2.28. The van der Waals surface area contributed by atoms with Gasteiger partial charge in [-0.25, -0.2) is 4.79 Å². The number of para-hydroxylation sites is 1. The van der Waals surface area contributed by atoms with Crippen molar-refractivity contribution in [3.63, 3.8) is 0 Å². The number of carbonyl (C=O) groups excluding carboxylic acids is 2. The van der Waals surface area contributed by atoms with Crippen LogP contribution in [-0.2, 0) is 11.3 Å². The van der Waals surface area contributed by atoms with E-state index < -0.39 is 5.91 Å². The van der Waals surface area contributed by atoms with Crippen LogP contribution in [0.4, 0.5) is 10.5 Å². The summed E-state index contributed by atoms with van der Waals surface area (Å²) in [6.07, 6.45) is 0. The average Bonchev–Trinajstić information content (AvgIpc) is 2.24. The second-order valence-corrected chi connectivity index (χ2v) is 3.82. The molecule has 1 aromatic carbocycles. The van der Waals surface area contributed by atoms with Gasteiger partial charge in [-0.1, -0.05) is 18.2 Å². The normalized spacial score (nSPS) is 14.9. The van der Waals surface area contributed by atoms with Crippen LogP contribution in [0.25, 0.3) is 0 Å². The van der Waals surface area contributed by atoms with E-state index in [0.29, 0.717) is 6.54 Å². The summed E-state index contributed by atoms with van der Waals surface area (Å²) in [6.45, 7) is 0.477. The largest absolute Gasteiger partial charge is 0.368 e. The molecule has 0 fully saturated rings. The van der Waals surface area contributed by atoms with Crippen LogP contribution in [0.1, 0.15) is 5.56 Å². The van der Waals surface area contributed by atoms with E-state index in [1.54, 1.807) is 11.9 Å². The molecule has 0 radical (unpaired) electrons. The van der Waals surface area contributed by atoms with Gasteiger partial charge in [-0.3, -0.25) is 9.69 Å². The number of anilines is 1. The molecule has 16 heavy (non-hydrogen) atoms. The lowest BCUT2D eigenvalue weighted by Crippen LogP contribution is -2.48. The van der Waals surface area contributed by atoms with Crippen molar-refractivity contribution in [2.24, 2.45) is 5.73 Å². The molecule has 3 amide bonds. The van der Waals surface area contributed by atoms with Crippen LogP contribution in [0.15, 0.2) is 24.3 Å². The topological polar surface area (TPSA) is 66.6 Å². The van der Waals surface area contributed by atoms with Crippen molar-refractivity contribution in [3.05, 3.63) is 29.8 Å². The maximum atomic E-state index is 11.9. The molecule has 1 aliphatic heterocycles. The summed E-state index contributed by atoms with van der Waals surface area (Å²) >= 11 is 0. The zero-order chi connectivity index (χ0) is 11.7. The SMILES string of the molecule is CN1Cc2ccccc2N(CC(N)=O)C1=O. The van der Waals surface area contributed by atoms with Gasteiger partial charge in [0.25, 0.3) is 0 Å². The highest BCUT2D eigenvalue weighted by Crippen LogP contribution is 2.27. The van der Waals surface area contributed by atoms with Gasteiger partial charge in [-0.15, -0.1) is 0 Å². The van der Waals surface area contributed by atoms with E-state index in [-0.39, 0.29) is 12.6 Å². The van der Waals surface area contributed by atoms with E-state index in [1.165, 1.54) is 4.90 Å². The minimum Gasteiger partial charge on any atom is -0.368 e. The van der Waals surface area contributed by atoms with Crippen LogP contribution in [0.5, 0.6) is 0 Å². The monoisotopic (exact) mass is 219 g/mol. The number of fused-ring (bicyclic) bond motifs is 1. The van der Waals surface area contributed by atoms with Gasteiger partial charge in [-0.2, -0.15) is 0 Å². The fraction of sp³-hybridized carbons (Fsp3) is 0.273. The van der Waals surface area contributed by atoms with Gasteiger partial charge in [0.1, 0.15) is 6.54 Å². The molecule has 0 aromatic heterocycles. The fourth-order valence-electron chi connectivity index (χ4n) is 1.85. The summed E-state index contributed by atoms with van der Waals surface area (Å²) < 4.78 is 0. The Morgan fingerprint density at radius 1 is 1.44 bits per heavy atom. The van der Waals surface area contributed by atoms with Crippen LogP contribution in [0, 0.1) is 0 Å². The van der Waals surface area contributed by atoms with E-state index in [9.17, 15) is 9.59 Å². The molecule has 2 N–H and O–H groups in total. The highest BCUT2D eigenvalue weighted by atomic mass is 16.2. The summed E-state index contributed by atoms with van der Waals surface area (Å²) in [5.41, 5.74) is 6.92. The fourth-order valence-corrected chi connectivity index (χ4v) is 1.85. The summed E-state index contributed by atoms with van der Waals surface area (Å²) in [5, 5.41) is 0. The Hall–Kier alpha value is -2.04. The summed E-state index contributed by atoms with van der Waals surface area (Å²) in [5.74, 6) is -0.515. The molecule has 0 bridgehead atoms. The van der Waals surface area contributed by atoms with Crippen molar-refractivity contribution in [1.82, 2.24) is 4.90 Å². The first-order chi connectivity index (χ1) is 7.59. The molecule has 5 nitrogen and oxygen atoms in total. The van der Waals surface area contributed by atoms with Crippen LogP contribution < -0.4 is 10.6 Å². The number of nitrogens with zero attached hydrogens (tertiary/aromatic N) is 2. The molecular formula is C11H13N3O2. The third-order valence-electron chi connectivity index (χ3n) is 2.56. The Morgan fingerprint density at radius 3 is 2.81 bits per heavy atom. The van der Waals surface area contributed by atoms with Crippen LogP contribution in [-0.4, -0.2) is 30.4 Å². The third kappa shape index (κ3) is 1.71. The zero-order valence-corrected chi connectivity index (χ0v) is 9.01. The molecule has 84 valence electrons. The molecule has 5 heteroatoms. The second kappa shape index (κ2) is 3.84. The van der Waals surface area contributed by atoms with E-state index >= 15 is 0 Å². The molecule has 1 aliphatic rings. The van der Waals surface area contributed by atoms with Crippen molar-refractivity contribution in [2.75, 3.05) is 18.5 Å². The quantitative estimate of drug-likeness (QED) is 0.789. The Kier molecular flexibility index (Phi) is 2.52. The molecule has 0 atom stereocenters. The number of amides is 3. The van der Waals surface area contributed by atoms with E-state index in [0.717, 1.165) is 11.3 Å². The lowest BCUT2D eigenvalue weighted by molar-refractivity contribution is -0.116. The first-order valence-electron chi connectivity index (χ1n) is 4.98. The molecule has 1 aromatic rings. The molecule has 0 saturated carbocycles. The maximum absolute atomic E-state index is 11.9. The van der Waals surface area contributed by atoms with Gasteiger partial charge < -0.3 is 10.6 Å². The first kappa shape index (κ1) is 10.5. The number of benzene rings is 1. The predicted molar refractivity (Wildman–Crippen MR) is 59.8 cm³/mol. The molecule has 1 heterocycles. The van der Waals surface area contributed by atoms with Gasteiger partial charge >= 0.3 is 6.03 Å². The summed E-state index contributed by atoms with van der Waals surface area (Å²) in [7, 11) is 1.70. The minimum atomic E-state index is -0.515. The molecule has 0 aliphatic carbocycles. The summed E-state index contributed by atoms with van der Waals surface area (Å²) in [6, 6.07) is 7.31. The second-order valence-electron chi connectivity index (χ2n) is 3.82. The Balaban J connectivity index is 2.41. The lowest BCUT2D eigenvalue weighted by Gasteiger charge is -2.34. The molecule has 0 unspecified atom stereocenters. The number of nitrogens with two attached hydrogens (primary N) is 1. The maximum Gasteiger partial charge on any atom is 0.325 e. The molecule has 0 spiro atoms. The number of carbonyl (C=O) groups is 2. The minimum absolute atomic E-state index is 0.0831. The van der Waals surface area contributed by atoms with Gasteiger partial charge in [0.15, 0.2) is 0 Å². The van der Waals surface area contributed by atoms with Crippen LogP contribution >= 0.6 is 0 Å². The van der Waals surface area contributed by atoms with Crippen LogP contribution in [0.3, 0.4) is 0 Å². The third-order valence-corrected chi connectivity index (χ3v) is 2.56.